The minimum Gasteiger partial charge on any atom is -0.282 e. The molecule has 2 saturated heterocycles. The largest absolute Gasteiger partial charge is 0.282 e. The zero-order chi connectivity index (χ0) is 93.4. The highest BCUT2D eigenvalue weighted by Gasteiger charge is 2.60. The maximum Gasteiger partial charge on any atom is 0.261 e. The van der Waals surface area contributed by atoms with Gasteiger partial charge in [0.15, 0.2) is 0 Å². The molecular formula is C120H182N4O8. The second-order valence-corrected chi connectivity index (χ2v) is 43.2. The van der Waals surface area contributed by atoms with Gasteiger partial charge in [-0.15, -0.1) is 0 Å². The van der Waals surface area contributed by atoms with Crippen molar-refractivity contribution in [1.82, 2.24) is 18.9 Å². The number of carbonyl (C=O) groups is 4. The van der Waals surface area contributed by atoms with E-state index in [1.165, 1.54) is 327 Å². The van der Waals surface area contributed by atoms with Gasteiger partial charge < -0.3 is 0 Å². The van der Waals surface area contributed by atoms with Crippen molar-refractivity contribution >= 4 is 57.3 Å². The van der Waals surface area contributed by atoms with Crippen molar-refractivity contribution in [1.29, 1.82) is 0 Å². The van der Waals surface area contributed by atoms with E-state index in [2.05, 4.69) is 128 Å². The number of aromatic nitrogens is 2. The third-order valence-electron chi connectivity index (χ3n) is 33.9. The minimum absolute atomic E-state index is 0.0760. The molecule has 0 N–H and O–H groups in total. The number of fused-ring (bicyclic) bond motifs is 12. The standard InChI is InChI=1S/C100H158N4O8.2C10H12/c1-5-9-13-17-31-43-55-83-76(52-40-16-12-8-4)66-74(50-38-28-20-24-35-47-63-103-97(109)89-79-57-58-80(69-79)90(89)98(103)110)68-77(83)53-41-29-21-25-34-46-62-102-95(107)87-71-85-86(72-88(87)96(102)108)94(106)101(93(85)105)61-45-33-23-19-27-37-49-73-65-75(51-39-15-11-7-3)84(56-44-32-18-14-10-6-2)78(67-73)54-42-30-22-26-36-48-64-104-99(111)91-81-59-60-82(70-81)92(91)100(104)112;2*1-3-9-5-7-10(4-2)8-6-9/h57-60,71-84,89-92H,5-56,61-70H2,1-4H3;2*3,5-8H,1,4H2,2H3. The molecule has 8 aliphatic rings. The van der Waals surface area contributed by atoms with Crippen molar-refractivity contribution < 1.29 is 19.2 Å². The molecule has 2 aliphatic heterocycles. The zero-order valence-electron chi connectivity index (χ0n) is 84.2. The van der Waals surface area contributed by atoms with E-state index in [1.54, 1.807) is 21.9 Å². The summed E-state index contributed by atoms with van der Waals surface area (Å²) in [5.74, 6) is 8.03. The molecule has 2 aromatic heterocycles. The number of allylic oxidation sites excluding steroid dienone is 4. The van der Waals surface area contributed by atoms with Gasteiger partial charge in [0.2, 0.25) is 23.6 Å². The van der Waals surface area contributed by atoms with Crippen molar-refractivity contribution in [2.45, 2.75) is 440 Å². The van der Waals surface area contributed by atoms with E-state index in [4.69, 9.17) is 0 Å². The summed E-state index contributed by atoms with van der Waals surface area (Å²) in [6, 6.07) is 20.0. The van der Waals surface area contributed by atoms with E-state index in [0.717, 1.165) is 137 Å². The first-order valence-corrected chi connectivity index (χ1v) is 56.0. The Morgan fingerprint density at radius 3 is 0.750 bits per heavy atom. The van der Waals surface area contributed by atoms with Crippen LogP contribution in [0.4, 0.5) is 0 Å². The molecule has 132 heavy (non-hydrogen) atoms. The van der Waals surface area contributed by atoms with Gasteiger partial charge in [0, 0.05) is 26.2 Å². The number of rotatable bonds is 64. The van der Waals surface area contributed by atoms with Gasteiger partial charge >= 0.3 is 0 Å². The van der Waals surface area contributed by atoms with Crippen LogP contribution in [0, 0.1) is 94.7 Å². The van der Waals surface area contributed by atoms with Crippen molar-refractivity contribution in [3.8, 4) is 0 Å². The summed E-state index contributed by atoms with van der Waals surface area (Å²) in [5, 5.41) is 1.05. The Morgan fingerprint density at radius 1 is 0.265 bits per heavy atom. The lowest BCUT2D eigenvalue weighted by molar-refractivity contribution is -0.142. The SMILES string of the molecule is C=Cc1ccc(CC)cc1.C=Cc1ccc(CC)cc1.CCCCCCCCC1C(CCCCCC)CC(CCCCCCCCn2c(=O)c3cc4c(=O)n(CCCCCCCCC5CC(CCCCCCCCN6C(=O)C7C8C=CC(C8)C7C6=O)CC(CCCCCC)C5CCCCCCCC)c(=O)c4cc3c2=O)CC1CCCCCCCCN1C(=O)C2C3C=CC(C3)C2C1=O. The molecule has 4 amide bonds. The number of benzene rings is 3. The number of likely N-dealkylation sites (tertiary alicyclic amines) is 2. The lowest BCUT2D eigenvalue weighted by Gasteiger charge is -2.43. The highest BCUT2D eigenvalue weighted by atomic mass is 16.2. The van der Waals surface area contributed by atoms with Crippen LogP contribution < -0.4 is 22.2 Å². The van der Waals surface area contributed by atoms with E-state index >= 15 is 0 Å². The van der Waals surface area contributed by atoms with Crippen molar-refractivity contribution in [2.24, 2.45) is 94.7 Å². The Labute approximate surface area is 800 Å². The molecule has 5 aromatic rings. The van der Waals surface area contributed by atoms with Gasteiger partial charge in [-0.1, -0.05) is 435 Å². The van der Waals surface area contributed by atoms with Crippen molar-refractivity contribution in [3.63, 3.8) is 0 Å². The van der Waals surface area contributed by atoms with Gasteiger partial charge in [-0.3, -0.25) is 57.3 Å². The average molecular weight is 1810 g/mol. The van der Waals surface area contributed by atoms with Gasteiger partial charge in [0.25, 0.3) is 22.2 Å². The molecule has 12 nitrogen and oxygen atoms in total. The fraction of sp³-hybridized carbons (Fsp3) is 0.717. The van der Waals surface area contributed by atoms with Gasteiger partial charge in [0.05, 0.1) is 45.2 Å². The zero-order valence-corrected chi connectivity index (χ0v) is 84.2. The predicted octanol–water partition coefficient (Wildman–Crippen LogP) is 30.2. The first-order chi connectivity index (χ1) is 64.6. The highest BCUT2D eigenvalue weighted by Crippen LogP contribution is 2.55. The molecular weight excluding hydrogens is 1630 g/mol. The number of imide groups is 2. The van der Waals surface area contributed by atoms with Crippen LogP contribution in [0.1, 0.15) is 436 Å². The van der Waals surface area contributed by atoms with Crippen LogP contribution in [0.2, 0.25) is 0 Å². The molecule has 4 heterocycles. The normalized spacial score (nSPS) is 24.5. The molecule has 4 saturated carbocycles. The number of nitrogens with zero attached hydrogens (tertiary/aromatic N) is 4. The molecule has 6 fully saturated rings. The lowest BCUT2D eigenvalue weighted by Crippen LogP contribution is -2.33. The van der Waals surface area contributed by atoms with Crippen LogP contribution in [-0.2, 0) is 45.1 Å². The van der Waals surface area contributed by atoms with Gasteiger partial charge in [-0.2, -0.15) is 0 Å². The molecule has 12 heteroatoms. The average Bonchev–Trinajstić information content (AvgIpc) is 1.46. The fourth-order valence-corrected chi connectivity index (χ4v) is 26.3. The molecule has 16 unspecified atom stereocenters. The summed E-state index contributed by atoms with van der Waals surface area (Å²) in [6.07, 6.45) is 87.6. The maximum atomic E-state index is 13.9. The van der Waals surface area contributed by atoms with Crippen LogP contribution in [0.3, 0.4) is 0 Å². The molecule has 6 aliphatic carbocycles. The number of hydrogen-bond acceptors (Lipinski definition) is 8. The van der Waals surface area contributed by atoms with E-state index in [9.17, 15) is 38.4 Å². The van der Waals surface area contributed by atoms with Gasteiger partial charge in [-0.05, 0) is 195 Å². The number of amides is 4. The van der Waals surface area contributed by atoms with Gasteiger partial charge in [-0.25, -0.2) is 0 Å². The van der Waals surface area contributed by atoms with Gasteiger partial charge in [0.1, 0.15) is 0 Å². The molecule has 730 valence electrons. The molecule has 4 bridgehead atoms. The number of hydrogen-bond donors (Lipinski definition) is 0. The monoisotopic (exact) mass is 1810 g/mol. The highest BCUT2D eigenvalue weighted by molar-refractivity contribution is 6.07. The first kappa shape index (κ1) is 106. The van der Waals surface area contributed by atoms with E-state index in [1.807, 2.05) is 12.2 Å². The fourth-order valence-electron chi connectivity index (χ4n) is 26.3. The summed E-state index contributed by atoms with van der Waals surface area (Å²) < 4.78 is 2.72. The summed E-state index contributed by atoms with van der Waals surface area (Å²) in [6.45, 7) is 22.9. The Kier molecular flexibility index (Phi) is 45.9. The predicted molar refractivity (Wildman–Crippen MR) is 555 cm³/mol. The summed E-state index contributed by atoms with van der Waals surface area (Å²) in [4.78, 5) is 112. The van der Waals surface area contributed by atoms with E-state index in [0.29, 0.717) is 26.2 Å². The topological polar surface area (TPSA) is 153 Å². The van der Waals surface area contributed by atoms with Crippen LogP contribution in [0.15, 0.2) is 117 Å². The Bertz CT molecular complexity index is 4360. The quantitative estimate of drug-likeness (QED) is 0.0212. The Morgan fingerprint density at radius 2 is 0.492 bits per heavy atom. The Balaban J connectivity index is 0.000000741. The first-order valence-electron chi connectivity index (χ1n) is 56.0. The van der Waals surface area contributed by atoms with Crippen molar-refractivity contribution in [3.05, 3.63) is 162 Å². The molecule has 0 radical (unpaired) electrons. The lowest BCUT2D eigenvalue weighted by atomic mass is 9.62. The molecule has 0 spiro atoms. The second-order valence-electron chi connectivity index (χ2n) is 43.2. The smallest absolute Gasteiger partial charge is 0.261 e. The maximum absolute atomic E-state index is 13.9. The molecule has 16 atom stereocenters. The summed E-state index contributed by atoms with van der Waals surface area (Å²) in [5.41, 5.74) is 3.78. The number of aryl methyl sites for hydroxylation is 2. The van der Waals surface area contributed by atoms with Crippen LogP contribution >= 0.6 is 0 Å². The Hall–Kier alpha value is -6.82. The number of unbranched alkanes of at least 4 members (excludes halogenated alkanes) is 36. The summed E-state index contributed by atoms with van der Waals surface area (Å²) >= 11 is 0. The molecule has 13 rings (SSSR count). The van der Waals surface area contributed by atoms with Crippen molar-refractivity contribution in [2.75, 3.05) is 13.1 Å². The second kappa shape index (κ2) is 57.4. The van der Waals surface area contributed by atoms with Crippen LogP contribution in [0.5, 0.6) is 0 Å². The molecule has 3 aromatic carbocycles. The van der Waals surface area contributed by atoms with Crippen LogP contribution in [-0.4, -0.2) is 55.7 Å². The minimum atomic E-state index is -0.340. The van der Waals surface area contributed by atoms with E-state index < -0.39 is 0 Å². The van der Waals surface area contributed by atoms with Crippen LogP contribution in [0.25, 0.3) is 33.7 Å². The summed E-state index contributed by atoms with van der Waals surface area (Å²) in [7, 11) is 0. The third kappa shape index (κ3) is 30.1. The van der Waals surface area contributed by atoms with E-state index in [-0.39, 0.29) is 115 Å². The third-order valence-corrected chi connectivity index (χ3v) is 33.9. The number of carbonyl (C=O) groups excluding carboxylic acids is 4.